The summed E-state index contributed by atoms with van der Waals surface area (Å²) < 4.78 is 0. The molecule has 234 valence electrons. The Hall–Kier alpha value is -4.09. The minimum absolute atomic E-state index is 0.0754. The first-order valence-electron chi connectivity index (χ1n) is 13.0. The van der Waals surface area contributed by atoms with Gasteiger partial charge in [-0.25, -0.2) is 0 Å². The molecule has 1 aromatic rings. The number of amides is 5. The van der Waals surface area contributed by atoms with E-state index in [2.05, 4.69) is 26.3 Å². The quantitative estimate of drug-likeness (QED) is 0.0410. The van der Waals surface area contributed by atoms with E-state index in [0.717, 1.165) is 0 Å². The van der Waals surface area contributed by atoms with Gasteiger partial charge in [0, 0.05) is 6.54 Å². The van der Waals surface area contributed by atoms with Crippen molar-refractivity contribution in [3.8, 4) is 5.75 Å². The molecule has 42 heavy (non-hydrogen) atoms. The van der Waals surface area contributed by atoms with Crippen LogP contribution in [0.1, 0.15) is 24.8 Å². The Bertz CT molecular complexity index is 1080. The second-order valence-corrected chi connectivity index (χ2v) is 10.2. The zero-order valence-electron chi connectivity index (χ0n) is 23.4. The normalized spacial score (nSPS) is 13.5. The van der Waals surface area contributed by atoms with Crippen molar-refractivity contribution in [1.29, 1.82) is 0 Å². The van der Waals surface area contributed by atoms with Crippen LogP contribution in [0.5, 0.6) is 5.75 Å². The Balaban J connectivity index is 2.67. The molecule has 0 radical (unpaired) electrons. The average Bonchev–Trinajstić information content (AvgIpc) is 2.94. The third-order valence-corrected chi connectivity index (χ3v) is 6.48. The SMILES string of the molecule is CSCCC(NC(=O)C(N)Cc1ccc(O)cc1)C(=O)NCC(=O)NC(CO)C(=O)NC(CCCN=C(N)N)C(N)=O. The van der Waals surface area contributed by atoms with Crippen molar-refractivity contribution in [2.24, 2.45) is 27.9 Å². The number of nitrogens with zero attached hydrogens (tertiary/aromatic N) is 1. The van der Waals surface area contributed by atoms with Crippen LogP contribution in [0, 0.1) is 0 Å². The highest BCUT2D eigenvalue weighted by Crippen LogP contribution is 2.11. The molecule has 0 heterocycles. The number of carbonyl (C=O) groups is 5. The van der Waals surface area contributed by atoms with Crippen molar-refractivity contribution in [3.63, 3.8) is 0 Å². The number of benzene rings is 1. The maximum Gasteiger partial charge on any atom is 0.245 e. The summed E-state index contributed by atoms with van der Waals surface area (Å²) >= 11 is 1.45. The predicted molar refractivity (Wildman–Crippen MR) is 158 cm³/mol. The number of thioether (sulfide) groups is 1. The first-order chi connectivity index (χ1) is 19.9. The van der Waals surface area contributed by atoms with E-state index in [9.17, 15) is 34.2 Å². The number of guanidine groups is 1. The molecule has 5 amide bonds. The molecule has 0 spiro atoms. The number of aliphatic imine (C=N–C) groups is 1. The van der Waals surface area contributed by atoms with Crippen molar-refractivity contribution >= 4 is 47.3 Å². The predicted octanol–water partition coefficient (Wildman–Crippen LogP) is -3.88. The highest BCUT2D eigenvalue weighted by molar-refractivity contribution is 7.98. The van der Waals surface area contributed by atoms with Crippen molar-refractivity contribution in [3.05, 3.63) is 29.8 Å². The fourth-order valence-corrected chi connectivity index (χ4v) is 4.02. The number of carbonyl (C=O) groups excluding carboxylic acids is 5. The number of primary amides is 1. The topological polar surface area (TPSA) is 290 Å². The zero-order valence-corrected chi connectivity index (χ0v) is 24.2. The Morgan fingerprint density at radius 1 is 0.905 bits per heavy atom. The van der Waals surface area contributed by atoms with E-state index in [1.165, 1.54) is 23.9 Å². The fourth-order valence-electron chi connectivity index (χ4n) is 3.55. The van der Waals surface area contributed by atoms with Gasteiger partial charge in [-0.1, -0.05) is 12.1 Å². The van der Waals surface area contributed by atoms with Crippen LogP contribution in [0.3, 0.4) is 0 Å². The molecule has 0 aromatic heterocycles. The molecule has 0 aliphatic heterocycles. The summed E-state index contributed by atoms with van der Waals surface area (Å²) in [7, 11) is 0. The molecule has 0 fully saturated rings. The molecule has 16 nitrogen and oxygen atoms in total. The molecular formula is C25H41N9O7S. The lowest BCUT2D eigenvalue weighted by Gasteiger charge is -2.22. The summed E-state index contributed by atoms with van der Waals surface area (Å²) in [4.78, 5) is 65.9. The average molecular weight is 612 g/mol. The lowest BCUT2D eigenvalue weighted by Crippen LogP contribution is -2.56. The van der Waals surface area contributed by atoms with Gasteiger partial charge >= 0.3 is 0 Å². The zero-order chi connectivity index (χ0) is 31.7. The van der Waals surface area contributed by atoms with Gasteiger partial charge in [0.25, 0.3) is 0 Å². The summed E-state index contributed by atoms with van der Waals surface area (Å²) in [5.41, 5.74) is 22.5. The van der Waals surface area contributed by atoms with Gasteiger partial charge in [0.15, 0.2) is 5.96 Å². The van der Waals surface area contributed by atoms with E-state index >= 15 is 0 Å². The van der Waals surface area contributed by atoms with E-state index in [0.29, 0.717) is 17.7 Å². The van der Waals surface area contributed by atoms with Crippen molar-refractivity contribution in [2.75, 3.05) is 31.7 Å². The Morgan fingerprint density at radius 2 is 1.55 bits per heavy atom. The van der Waals surface area contributed by atoms with E-state index in [4.69, 9.17) is 22.9 Å². The van der Waals surface area contributed by atoms with Crippen LogP contribution in [0.25, 0.3) is 0 Å². The van der Waals surface area contributed by atoms with Crippen LogP contribution >= 0.6 is 11.8 Å². The first kappa shape index (κ1) is 35.9. The number of aromatic hydroxyl groups is 1. The summed E-state index contributed by atoms with van der Waals surface area (Å²) in [6.07, 6.45) is 2.69. The van der Waals surface area contributed by atoms with Crippen molar-refractivity contribution in [1.82, 2.24) is 21.3 Å². The molecule has 0 aliphatic rings. The van der Waals surface area contributed by atoms with Gasteiger partial charge in [0.2, 0.25) is 29.5 Å². The molecule has 4 atom stereocenters. The largest absolute Gasteiger partial charge is 0.508 e. The number of phenolic OH excluding ortho intramolecular Hbond substituents is 1. The van der Waals surface area contributed by atoms with Gasteiger partial charge in [0.1, 0.15) is 23.9 Å². The molecule has 0 saturated heterocycles. The number of hydrogen-bond acceptors (Lipinski definition) is 10. The smallest absolute Gasteiger partial charge is 0.245 e. The Labute approximate surface area is 247 Å². The molecule has 0 bridgehead atoms. The van der Waals surface area contributed by atoms with Gasteiger partial charge in [-0.05, 0) is 55.4 Å². The highest BCUT2D eigenvalue weighted by atomic mass is 32.2. The van der Waals surface area contributed by atoms with Crippen LogP contribution in [0.15, 0.2) is 29.3 Å². The van der Waals surface area contributed by atoms with Crippen LogP contribution in [-0.2, 0) is 30.4 Å². The summed E-state index contributed by atoms with van der Waals surface area (Å²) in [5.74, 6) is -3.25. The van der Waals surface area contributed by atoms with E-state index in [1.807, 2.05) is 6.26 Å². The highest BCUT2D eigenvalue weighted by Gasteiger charge is 2.27. The Kier molecular flexibility index (Phi) is 16.3. The maximum absolute atomic E-state index is 12.8. The number of nitrogens with one attached hydrogen (secondary N) is 4. The van der Waals surface area contributed by atoms with Crippen LogP contribution in [0.4, 0.5) is 0 Å². The van der Waals surface area contributed by atoms with Gasteiger partial charge in [0.05, 0.1) is 19.2 Å². The van der Waals surface area contributed by atoms with E-state index in [-0.39, 0.29) is 37.5 Å². The standard InChI is InChI=1S/C25H41N9O7S/c1-42-10-8-18(34-22(39)16(26)11-14-4-6-15(36)7-5-14)23(40)31-12-20(37)32-19(13-35)24(41)33-17(21(27)38)3-2-9-30-25(28)29/h4-7,16-19,35-36H,2-3,8-13,26H2,1H3,(H2,27,38)(H,31,40)(H,32,37)(H,33,41)(H,34,39)(H4,28,29,30). The lowest BCUT2D eigenvalue weighted by molar-refractivity contribution is -0.133. The van der Waals surface area contributed by atoms with Gasteiger partial charge in [-0.15, -0.1) is 0 Å². The molecule has 4 unspecified atom stereocenters. The van der Waals surface area contributed by atoms with Crippen molar-refractivity contribution in [2.45, 2.75) is 49.9 Å². The van der Waals surface area contributed by atoms with E-state index in [1.54, 1.807) is 12.1 Å². The number of aliphatic hydroxyl groups excluding tert-OH is 1. The molecule has 17 heteroatoms. The Morgan fingerprint density at radius 3 is 2.12 bits per heavy atom. The summed E-state index contributed by atoms with van der Waals surface area (Å²) in [6, 6.07) is 1.70. The van der Waals surface area contributed by atoms with Crippen molar-refractivity contribution < 1.29 is 34.2 Å². The van der Waals surface area contributed by atoms with Gasteiger partial charge in [-0.2, -0.15) is 11.8 Å². The number of nitrogens with two attached hydrogens (primary N) is 4. The molecule has 1 rings (SSSR count). The minimum atomic E-state index is -1.43. The van der Waals surface area contributed by atoms with Gasteiger partial charge < -0.3 is 54.4 Å². The maximum atomic E-state index is 12.8. The van der Waals surface area contributed by atoms with Crippen LogP contribution in [0.2, 0.25) is 0 Å². The van der Waals surface area contributed by atoms with Crippen LogP contribution < -0.4 is 44.2 Å². The molecule has 0 saturated carbocycles. The molecule has 1 aromatic carbocycles. The minimum Gasteiger partial charge on any atom is -0.508 e. The second kappa shape index (κ2) is 19.1. The number of hydrogen-bond donors (Lipinski definition) is 10. The lowest BCUT2D eigenvalue weighted by atomic mass is 10.1. The number of aliphatic hydroxyl groups is 1. The number of rotatable bonds is 19. The molecule has 14 N–H and O–H groups in total. The van der Waals surface area contributed by atoms with E-state index < -0.39 is 66.9 Å². The monoisotopic (exact) mass is 611 g/mol. The third kappa shape index (κ3) is 14.0. The summed E-state index contributed by atoms with van der Waals surface area (Å²) in [5, 5.41) is 28.6. The second-order valence-electron chi connectivity index (χ2n) is 9.25. The molecular weight excluding hydrogens is 570 g/mol. The number of phenols is 1. The summed E-state index contributed by atoms with van der Waals surface area (Å²) in [6.45, 7) is -1.16. The fraction of sp³-hybridized carbons (Fsp3) is 0.520. The molecule has 0 aliphatic carbocycles. The van der Waals surface area contributed by atoms with Gasteiger partial charge in [-0.3, -0.25) is 29.0 Å². The van der Waals surface area contributed by atoms with Crippen LogP contribution in [-0.4, -0.2) is 102 Å². The third-order valence-electron chi connectivity index (χ3n) is 5.84. The first-order valence-corrected chi connectivity index (χ1v) is 14.4.